The van der Waals surface area contributed by atoms with Gasteiger partial charge in [-0.3, -0.25) is 4.79 Å². The number of hydrogen-bond acceptors (Lipinski definition) is 3. The van der Waals surface area contributed by atoms with Gasteiger partial charge in [0.15, 0.2) is 9.84 Å². The Hall–Kier alpha value is -1.36. The second-order valence-corrected chi connectivity index (χ2v) is 9.40. The highest BCUT2D eigenvalue weighted by molar-refractivity contribution is 7.91. The predicted octanol–water partition coefficient (Wildman–Crippen LogP) is 2.56. The van der Waals surface area contributed by atoms with E-state index in [1.807, 2.05) is 0 Å². The van der Waals surface area contributed by atoms with Gasteiger partial charge in [-0.15, -0.1) is 0 Å². The molecule has 1 saturated carbocycles. The van der Waals surface area contributed by atoms with Crippen molar-refractivity contribution >= 4 is 15.7 Å². The first-order valence-corrected chi connectivity index (χ1v) is 10.3. The number of carbonyl (C=O) groups excluding carboxylic acids is 1. The third kappa shape index (κ3) is 3.77. The highest BCUT2D eigenvalue weighted by Gasteiger charge is 2.45. The Morgan fingerprint density at radius 2 is 1.83 bits per heavy atom. The van der Waals surface area contributed by atoms with E-state index in [1.165, 1.54) is 11.1 Å². The van der Waals surface area contributed by atoms with Crippen molar-refractivity contribution in [3.63, 3.8) is 0 Å². The fraction of sp³-hybridized carbons (Fsp3) is 0.611. The normalized spacial score (nSPS) is 26.8. The van der Waals surface area contributed by atoms with Crippen LogP contribution in [-0.4, -0.2) is 43.8 Å². The van der Waals surface area contributed by atoms with Crippen LogP contribution in [0.5, 0.6) is 0 Å². The Bertz CT molecular complexity index is 679. The second-order valence-electron chi connectivity index (χ2n) is 7.10. The molecule has 0 aromatic heterocycles. The van der Waals surface area contributed by atoms with Gasteiger partial charge >= 0.3 is 0 Å². The van der Waals surface area contributed by atoms with Crippen molar-refractivity contribution < 1.29 is 13.2 Å². The molecule has 4 nitrogen and oxygen atoms in total. The molecular formula is C18H25NO3S. The summed E-state index contributed by atoms with van der Waals surface area (Å²) in [5, 5.41) is 0. The van der Waals surface area contributed by atoms with Crippen LogP contribution in [0, 0.1) is 5.92 Å². The third-order valence-corrected chi connectivity index (χ3v) is 6.72. The summed E-state index contributed by atoms with van der Waals surface area (Å²) in [5.41, 5.74) is 2.55. The smallest absolute Gasteiger partial charge is 0.226 e. The lowest BCUT2D eigenvalue weighted by atomic mass is 10.00. The lowest BCUT2D eigenvalue weighted by Crippen LogP contribution is -2.35. The zero-order chi connectivity index (χ0) is 16.6. The van der Waals surface area contributed by atoms with Crippen molar-refractivity contribution in [1.82, 2.24) is 4.90 Å². The molecule has 0 spiro atoms. The van der Waals surface area contributed by atoms with Crippen molar-refractivity contribution in [1.29, 1.82) is 0 Å². The maximum Gasteiger partial charge on any atom is 0.226 e. The quantitative estimate of drug-likeness (QED) is 0.853. The van der Waals surface area contributed by atoms with Crippen LogP contribution >= 0.6 is 0 Å². The summed E-state index contributed by atoms with van der Waals surface area (Å²) in [6.45, 7) is 5.28. The molecule has 5 heteroatoms. The molecule has 1 amide bonds. The van der Waals surface area contributed by atoms with Gasteiger partial charge in [-0.25, -0.2) is 8.42 Å². The number of amides is 1. The molecule has 1 aliphatic heterocycles. The minimum absolute atomic E-state index is 0.0423. The van der Waals surface area contributed by atoms with Crippen molar-refractivity contribution in [2.45, 2.75) is 38.5 Å². The van der Waals surface area contributed by atoms with Crippen LogP contribution in [0.3, 0.4) is 0 Å². The topological polar surface area (TPSA) is 54.5 Å². The molecule has 1 heterocycles. The van der Waals surface area contributed by atoms with Crippen LogP contribution in [0.25, 0.3) is 0 Å². The number of nitrogens with zero attached hydrogens (tertiary/aromatic N) is 1. The van der Waals surface area contributed by atoms with Gasteiger partial charge in [0.05, 0.1) is 11.5 Å². The van der Waals surface area contributed by atoms with E-state index in [0.717, 1.165) is 6.42 Å². The molecule has 1 aromatic carbocycles. The number of benzene rings is 1. The standard InChI is InChI=1S/C18H25NO3S/c1-13(2)14-4-6-15(7-5-14)16-12-17(16)18(20)19-8-3-10-23(21,22)11-9-19/h4-7,13,16-17H,3,8-12H2,1-2H3/t16-,17-/m0/s1. The molecular weight excluding hydrogens is 310 g/mol. The van der Waals surface area contributed by atoms with Crippen molar-refractivity contribution in [3.8, 4) is 0 Å². The van der Waals surface area contributed by atoms with Gasteiger partial charge in [0.25, 0.3) is 0 Å². The summed E-state index contributed by atoms with van der Waals surface area (Å²) in [6.07, 6.45) is 1.46. The lowest BCUT2D eigenvalue weighted by Gasteiger charge is -2.19. The fourth-order valence-corrected chi connectivity index (χ4v) is 4.63. The average Bonchev–Trinajstić information content (AvgIpc) is 3.31. The Morgan fingerprint density at radius 1 is 1.13 bits per heavy atom. The number of sulfone groups is 1. The molecule has 2 aliphatic rings. The summed E-state index contributed by atoms with van der Waals surface area (Å²) in [4.78, 5) is 14.4. The molecule has 0 unspecified atom stereocenters. The molecule has 126 valence electrons. The van der Waals surface area contributed by atoms with Crippen LogP contribution in [0.1, 0.15) is 49.7 Å². The van der Waals surface area contributed by atoms with Gasteiger partial charge in [-0.2, -0.15) is 0 Å². The molecule has 0 bridgehead atoms. The predicted molar refractivity (Wildman–Crippen MR) is 91.2 cm³/mol. The van der Waals surface area contributed by atoms with Crippen LogP contribution in [-0.2, 0) is 14.6 Å². The lowest BCUT2D eigenvalue weighted by molar-refractivity contribution is -0.132. The van der Waals surface area contributed by atoms with Crippen molar-refractivity contribution in [2.24, 2.45) is 5.92 Å². The molecule has 2 fully saturated rings. The van der Waals surface area contributed by atoms with Gasteiger partial charge in [0.2, 0.25) is 5.91 Å². The van der Waals surface area contributed by atoms with E-state index in [-0.39, 0.29) is 23.3 Å². The monoisotopic (exact) mass is 335 g/mol. The molecule has 2 atom stereocenters. The van der Waals surface area contributed by atoms with Crippen molar-refractivity contribution in [3.05, 3.63) is 35.4 Å². The van der Waals surface area contributed by atoms with E-state index in [9.17, 15) is 13.2 Å². The SMILES string of the molecule is CC(C)c1ccc([C@@H]2C[C@@H]2C(=O)N2CCCS(=O)(=O)CC2)cc1. The van der Waals surface area contributed by atoms with E-state index in [4.69, 9.17) is 0 Å². The highest BCUT2D eigenvalue weighted by Crippen LogP contribution is 2.48. The van der Waals surface area contributed by atoms with Gasteiger partial charge in [0, 0.05) is 19.0 Å². The van der Waals surface area contributed by atoms with Crippen LogP contribution in [0.2, 0.25) is 0 Å². The van der Waals surface area contributed by atoms with E-state index in [2.05, 4.69) is 38.1 Å². The summed E-state index contributed by atoms with van der Waals surface area (Å²) in [5.74, 6) is 1.32. The minimum Gasteiger partial charge on any atom is -0.341 e. The number of carbonyl (C=O) groups is 1. The van der Waals surface area contributed by atoms with E-state index in [1.54, 1.807) is 4.90 Å². The van der Waals surface area contributed by atoms with Crippen molar-refractivity contribution in [2.75, 3.05) is 24.6 Å². The zero-order valence-corrected chi connectivity index (χ0v) is 14.7. The maximum absolute atomic E-state index is 12.6. The minimum atomic E-state index is -2.96. The van der Waals surface area contributed by atoms with Gasteiger partial charge in [0.1, 0.15) is 0 Å². The third-order valence-electron chi connectivity index (χ3n) is 5.01. The second kappa shape index (κ2) is 6.27. The molecule has 1 aromatic rings. The fourth-order valence-electron chi connectivity index (χ4n) is 3.36. The summed E-state index contributed by atoms with van der Waals surface area (Å²) >= 11 is 0. The number of hydrogen-bond donors (Lipinski definition) is 0. The Labute approximate surface area is 138 Å². The Kier molecular flexibility index (Phi) is 4.50. The molecule has 1 aliphatic carbocycles. The molecule has 0 radical (unpaired) electrons. The summed E-state index contributed by atoms with van der Waals surface area (Å²) in [7, 11) is -2.96. The van der Waals surface area contributed by atoms with Crippen LogP contribution < -0.4 is 0 Å². The Balaban J connectivity index is 1.62. The van der Waals surface area contributed by atoms with Gasteiger partial charge < -0.3 is 4.90 Å². The molecule has 3 rings (SSSR count). The Morgan fingerprint density at radius 3 is 2.48 bits per heavy atom. The number of rotatable bonds is 3. The summed E-state index contributed by atoms with van der Waals surface area (Å²) < 4.78 is 23.3. The van der Waals surface area contributed by atoms with Gasteiger partial charge in [-0.1, -0.05) is 38.1 Å². The van der Waals surface area contributed by atoms with Crippen LogP contribution in [0.4, 0.5) is 0 Å². The van der Waals surface area contributed by atoms with Crippen LogP contribution in [0.15, 0.2) is 24.3 Å². The highest BCUT2D eigenvalue weighted by atomic mass is 32.2. The first-order chi connectivity index (χ1) is 10.9. The van der Waals surface area contributed by atoms with E-state index in [0.29, 0.717) is 31.3 Å². The molecule has 1 saturated heterocycles. The summed E-state index contributed by atoms with van der Waals surface area (Å²) in [6, 6.07) is 8.58. The first-order valence-electron chi connectivity index (χ1n) is 8.46. The first kappa shape index (κ1) is 16.5. The average molecular weight is 335 g/mol. The van der Waals surface area contributed by atoms with E-state index < -0.39 is 9.84 Å². The molecule has 0 N–H and O–H groups in total. The largest absolute Gasteiger partial charge is 0.341 e. The van der Waals surface area contributed by atoms with E-state index >= 15 is 0 Å². The maximum atomic E-state index is 12.6. The zero-order valence-electron chi connectivity index (χ0n) is 13.9. The molecule has 23 heavy (non-hydrogen) atoms. The van der Waals surface area contributed by atoms with Gasteiger partial charge in [-0.05, 0) is 35.8 Å².